The Morgan fingerprint density at radius 3 is 2.41 bits per heavy atom. The predicted molar refractivity (Wildman–Crippen MR) is 114 cm³/mol. The quantitative estimate of drug-likeness (QED) is 0.815. The van der Waals surface area contributed by atoms with Crippen LogP contribution in [0.5, 0.6) is 0 Å². The fourth-order valence-electron chi connectivity index (χ4n) is 3.56. The molecule has 1 aliphatic heterocycles. The Kier molecular flexibility index (Phi) is 6.41. The molecule has 29 heavy (non-hydrogen) atoms. The number of aryl methyl sites for hydroxylation is 2. The zero-order valence-electron chi connectivity index (χ0n) is 17.5. The van der Waals surface area contributed by atoms with Gasteiger partial charge in [0, 0.05) is 31.7 Å². The average Bonchev–Trinajstić information content (AvgIpc) is 2.70. The molecule has 156 valence electrons. The first-order valence-electron chi connectivity index (χ1n) is 9.85. The van der Waals surface area contributed by atoms with Crippen molar-refractivity contribution in [3.63, 3.8) is 0 Å². The Hall–Kier alpha value is -2.22. The zero-order valence-corrected chi connectivity index (χ0v) is 18.3. The highest BCUT2D eigenvalue weighted by Gasteiger charge is 2.28. The summed E-state index contributed by atoms with van der Waals surface area (Å²) < 4.78 is 27.4. The van der Waals surface area contributed by atoms with Crippen LogP contribution in [0.2, 0.25) is 0 Å². The van der Waals surface area contributed by atoms with Crippen LogP contribution in [-0.2, 0) is 10.0 Å². The highest BCUT2D eigenvalue weighted by Crippen LogP contribution is 2.21. The van der Waals surface area contributed by atoms with Gasteiger partial charge in [0.05, 0.1) is 10.9 Å². The number of hydrogen-bond donors (Lipinski definition) is 1. The molecule has 0 saturated carbocycles. The van der Waals surface area contributed by atoms with Gasteiger partial charge in [0.15, 0.2) is 0 Å². The van der Waals surface area contributed by atoms with Crippen molar-refractivity contribution in [1.82, 2.24) is 14.5 Å². The Bertz CT molecular complexity index is 996. The van der Waals surface area contributed by atoms with Gasteiger partial charge in [-0.2, -0.15) is 4.31 Å². The first-order valence-corrected chi connectivity index (χ1v) is 11.3. The summed E-state index contributed by atoms with van der Waals surface area (Å²) in [6, 6.07) is 12.3. The minimum atomic E-state index is -3.61. The maximum atomic E-state index is 13.0. The molecule has 1 atom stereocenters. The molecule has 0 unspecified atom stereocenters. The molecule has 0 spiro atoms. The van der Waals surface area contributed by atoms with Crippen molar-refractivity contribution in [2.24, 2.45) is 0 Å². The molecule has 6 nitrogen and oxygen atoms in total. The molecule has 0 aromatic heterocycles. The Morgan fingerprint density at radius 2 is 1.72 bits per heavy atom. The Balaban J connectivity index is 1.78. The fourth-order valence-corrected chi connectivity index (χ4v) is 5.03. The number of likely N-dealkylation sites (N-methyl/N-ethyl adjacent to an activating group) is 1. The summed E-state index contributed by atoms with van der Waals surface area (Å²) in [7, 11) is -1.63. The van der Waals surface area contributed by atoms with Crippen LogP contribution < -0.4 is 5.32 Å². The number of hydrogen-bond acceptors (Lipinski definition) is 4. The summed E-state index contributed by atoms with van der Waals surface area (Å²) in [5, 5.41) is 2.99. The standard InChI is InChI=1S/C22H29N3O3S/c1-16-8-9-17(2)21(14-16)18(3)23-22(26)19-6-5-7-20(15-19)29(27,28)25-12-10-24(4)11-13-25/h5-9,14-15,18H,10-13H2,1-4H3,(H,23,26)/t18-/m1/s1. The minimum Gasteiger partial charge on any atom is -0.346 e. The molecular formula is C22H29N3O3S. The van der Waals surface area contributed by atoms with Gasteiger partial charge in [-0.1, -0.05) is 29.8 Å². The van der Waals surface area contributed by atoms with Gasteiger partial charge in [-0.05, 0) is 57.1 Å². The SMILES string of the molecule is Cc1ccc(C)c([C@@H](C)NC(=O)c2cccc(S(=O)(=O)N3CCN(C)CC3)c2)c1. The molecule has 1 heterocycles. The van der Waals surface area contributed by atoms with E-state index in [1.165, 1.54) is 10.4 Å². The summed E-state index contributed by atoms with van der Waals surface area (Å²) in [6.07, 6.45) is 0. The van der Waals surface area contributed by atoms with Crippen molar-refractivity contribution in [3.8, 4) is 0 Å². The largest absolute Gasteiger partial charge is 0.346 e. The average molecular weight is 416 g/mol. The van der Waals surface area contributed by atoms with E-state index in [1.807, 2.05) is 40.0 Å². The van der Waals surface area contributed by atoms with Gasteiger partial charge in [0.2, 0.25) is 10.0 Å². The number of amides is 1. The van der Waals surface area contributed by atoms with Gasteiger partial charge in [-0.25, -0.2) is 8.42 Å². The van der Waals surface area contributed by atoms with Gasteiger partial charge in [0.1, 0.15) is 0 Å². The lowest BCUT2D eigenvalue weighted by atomic mass is 10.00. The van der Waals surface area contributed by atoms with Crippen molar-refractivity contribution in [1.29, 1.82) is 0 Å². The van der Waals surface area contributed by atoms with Gasteiger partial charge in [-0.3, -0.25) is 4.79 Å². The Morgan fingerprint density at radius 1 is 1.03 bits per heavy atom. The van der Waals surface area contributed by atoms with Crippen LogP contribution in [0, 0.1) is 13.8 Å². The van der Waals surface area contributed by atoms with Crippen molar-refractivity contribution in [2.75, 3.05) is 33.2 Å². The number of sulfonamides is 1. The van der Waals surface area contributed by atoms with E-state index in [1.54, 1.807) is 18.2 Å². The first-order chi connectivity index (χ1) is 13.7. The Labute approximate surface area is 173 Å². The van der Waals surface area contributed by atoms with Crippen LogP contribution in [-0.4, -0.2) is 56.8 Å². The third-order valence-electron chi connectivity index (χ3n) is 5.45. The van der Waals surface area contributed by atoms with E-state index in [9.17, 15) is 13.2 Å². The van der Waals surface area contributed by atoms with Gasteiger partial charge in [0.25, 0.3) is 5.91 Å². The number of benzene rings is 2. The topological polar surface area (TPSA) is 69.7 Å². The number of carbonyl (C=O) groups is 1. The number of nitrogens with one attached hydrogen (secondary N) is 1. The number of piperazine rings is 1. The van der Waals surface area contributed by atoms with E-state index < -0.39 is 10.0 Å². The summed E-state index contributed by atoms with van der Waals surface area (Å²) in [5.41, 5.74) is 3.64. The second-order valence-corrected chi connectivity index (χ2v) is 9.73. The lowest BCUT2D eigenvalue weighted by Gasteiger charge is -2.31. The summed E-state index contributed by atoms with van der Waals surface area (Å²) in [4.78, 5) is 15.1. The molecule has 1 saturated heterocycles. The van der Waals surface area contributed by atoms with Crippen LogP contribution in [0.25, 0.3) is 0 Å². The second kappa shape index (κ2) is 8.65. The first kappa shape index (κ1) is 21.5. The molecule has 1 amide bonds. The van der Waals surface area contributed by atoms with Crippen LogP contribution >= 0.6 is 0 Å². The predicted octanol–water partition coefficient (Wildman–Crippen LogP) is 2.73. The highest BCUT2D eigenvalue weighted by atomic mass is 32.2. The molecule has 0 bridgehead atoms. The van der Waals surface area contributed by atoms with E-state index >= 15 is 0 Å². The van der Waals surface area contributed by atoms with Crippen LogP contribution in [0.1, 0.15) is 40.0 Å². The van der Waals surface area contributed by atoms with E-state index in [4.69, 9.17) is 0 Å². The van der Waals surface area contributed by atoms with Crippen molar-refractivity contribution >= 4 is 15.9 Å². The maximum Gasteiger partial charge on any atom is 0.251 e. The highest BCUT2D eigenvalue weighted by molar-refractivity contribution is 7.89. The van der Waals surface area contributed by atoms with E-state index in [-0.39, 0.29) is 16.8 Å². The number of carbonyl (C=O) groups excluding carboxylic acids is 1. The van der Waals surface area contributed by atoms with E-state index in [0.717, 1.165) is 16.7 Å². The zero-order chi connectivity index (χ0) is 21.2. The second-order valence-electron chi connectivity index (χ2n) is 7.79. The minimum absolute atomic E-state index is 0.161. The molecule has 0 radical (unpaired) electrons. The van der Waals surface area contributed by atoms with Gasteiger partial charge >= 0.3 is 0 Å². The van der Waals surface area contributed by atoms with Gasteiger partial charge < -0.3 is 10.2 Å². The van der Waals surface area contributed by atoms with Crippen molar-refractivity contribution < 1.29 is 13.2 Å². The summed E-state index contributed by atoms with van der Waals surface area (Å²) in [6.45, 7) is 8.28. The monoisotopic (exact) mass is 415 g/mol. The van der Waals surface area contributed by atoms with Crippen LogP contribution in [0.3, 0.4) is 0 Å². The maximum absolute atomic E-state index is 13.0. The molecule has 1 aliphatic rings. The molecule has 3 rings (SSSR count). The molecule has 2 aromatic rings. The van der Waals surface area contributed by atoms with Crippen molar-refractivity contribution in [3.05, 3.63) is 64.7 Å². The third-order valence-corrected chi connectivity index (χ3v) is 7.34. The molecular weight excluding hydrogens is 386 g/mol. The molecule has 1 fully saturated rings. The van der Waals surface area contributed by atoms with E-state index in [2.05, 4.69) is 16.3 Å². The van der Waals surface area contributed by atoms with Crippen LogP contribution in [0.4, 0.5) is 0 Å². The summed E-state index contributed by atoms with van der Waals surface area (Å²) in [5.74, 6) is -0.283. The number of rotatable bonds is 5. The smallest absolute Gasteiger partial charge is 0.251 e. The summed E-state index contributed by atoms with van der Waals surface area (Å²) >= 11 is 0. The molecule has 0 aliphatic carbocycles. The lowest BCUT2D eigenvalue weighted by molar-refractivity contribution is 0.0939. The van der Waals surface area contributed by atoms with Gasteiger partial charge in [-0.15, -0.1) is 0 Å². The lowest BCUT2D eigenvalue weighted by Crippen LogP contribution is -2.47. The third kappa shape index (κ3) is 4.86. The van der Waals surface area contributed by atoms with Crippen LogP contribution in [0.15, 0.2) is 47.4 Å². The number of nitrogens with zero attached hydrogens (tertiary/aromatic N) is 2. The van der Waals surface area contributed by atoms with E-state index in [0.29, 0.717) is 31.7 Å². The fraction of sp³-hybridized carbons (Fsp3) is 0.409. The normalized spacial score (nSPS) is 17.1. The molecule has 7 heteroatoms. The molecule has 2 aromatic carbocycles. The van der Waals surface area contributed by atoms with Crippen molar-refractivity contribution in [2.45, 2.75) is 31.7 Å². The molecule has 1 N–H and O–H groups in total.